The lowest BCUT2D eigenvalue weighted by molar-refractivity contribution is -0.140. The van der Waals surface area contributed by atoms with Crippen LogP contribution in [-0.2, 0) is 23.9 Å². The third-order valence-corrected chi connectivity index (χ3v) is 5.40. The average molecular weight is 454 g/mol. The van der Waals surface area contributed by atoms with Gasteiger partial charge in [-0.25, -0.2) is 4.39 Å². The van der Waals surface area contributed by atoms with Crippen molar-refractivity contribution in [2.45, 2.75) is 32.1 Å². The van der Waals surface area contributed by atoms with Crippen molar-refractivity contribution in [1.29, 1.82) is 0 Å². The number of amides is 1. The highest BCUT2D eigenvalue weighted by Gasteiger charge is 2.34. The van der Waals surface area contributed by atoms with Crippen LogP contribution < -0.4 is 5.32 Å². The molecule has 0 radical (unpaired) electrons. The SMILES string of the molecule is Cc1ccc2c(c1NC(=O)Cc1ccc(C(F)(F)F)c(F)c1)C(=O)CN(C(CO)CO)C2. The second kappa shape index (κ2) is 9.35. The number of aliphatic hydroxyl groups excluding tert-OH is 2. The van der Waals surface area contributed by atoms with E-state index < -0.39 is 29.5 Å². The molecule has 0 unspecified atom stereocenters. The van der Waals surface area contributed by atoms with Gasteiger partial charge in [0, 0.05) is 12.1 Å². The molecule has 0 fully saturated rings. The van der Waals surface area contributed by atoms with Gasteiger partial charge >= 0.3 is 6.18 Å². The number of Topliss-reactive ketones (excluding diaryl/α,β-unsaturated/α-hetero) is 1. The van der Waals surface area contributed by atoms with Crippen LogP contribution in [0.3, 0.4) is 0 Å². The topological polar surface area (TPSA) is 89.9 Å². The van der Waals surface area contributed by atoms with Gasteiger partial charge in [-0.1, -0.05) is 18.2 Å². The van der Waals surface area contributed by atoms with Crippen LogP contribution in [-0.4, -0.2) is 52.6 Å². The van der Waals surface area contributed by atoms with E-state index in [4.69, 9.17) is 0 Å². The minimum absolute atomic E-state index is 0.0571. The molecule has 2 aromatic rings. The quantitative estimate of drug-likeness (QED) is 0.584. The highest BCUT2D eigenvalue weighted by Crippen LogP contribution is 2.32. The van der Waals surface area contributed by atoms with Gasteiger partial charge in [0.2, 0.25) is 5.91 Å². The van der Waals surface area contributed by atoms with E-state index >= 15 is 0 Å². The third-order valence-electron chi connectivity index (χ3n) is 5.40. The number of halogens is 4. The molecule has 3 N–H and O–H groups in total. The van der Waals surface area contributed by atoms with Crippen molar-refractivity contribution in [3.05, 3.63) is 64.0 Å². The highest BCUT2D eigenvalue weighted by molar-refractivity contribution is 6.08. The lowest BCUT2D eigenvalue weighted by Crippen LogP contribution is -2.46. The number of hydrogen-bond donors (Lipinski definition) is 3. The van der Waals surface area contributed by atoms with Crippen LogP contribution in [0.4, 0.5) is 23.2 Å². The van der Waals surface area contributed by atoms with Crippen LogP contribution in [0, 0.1) is 12.7 Å². The van der Waals surface area contributed by atoms with E-state index in [0.29, 0.717) is 28.8 Å². The maximum atomic E-state index is 13.8. The molecule has 3 rings (SSSR count). The molecule has 0 bridgehead atoms. The predicted molar refractivity (Wildman–Crippen MR) is 108 cm³/mol. The van der Waals surface area contributed by atoms with E-state index in [2.05, 4.69) is 5.32 Å². The molecule has 6 nitrogen and oxygen atoms in total. The Morgan fingerprint density at radius 1 is 1.16 bits per heavy atom. The van der Waals surface area contributed by atoms with Crippen LogP contribution in [0.15, 0.2) is 30.3 Å². The van der Waals surface area contributed by atoms with Crippen LogP contribution in [0.1, 0.15) is 32.6 Å². The Labute approximate surface area is 181 Å². The fourth-order valence-electron chi connectivity index (χ4n) is 3.71. The van der Waals surface area contributed by atoms with Gasteiger partial charge in [0.1, 0.15) is 5.82 Å². The molecular formula is C22H22F4N2O4. The minimum atomic E-state index is -4.83. The standard InChI is InChI=1S/C22H22F4N2O4/c1-12-2-4-14-8-28(15(10-29)11-30)9-18(31)20(14)21(12)27-19(32)7-13-3-5-16(17(23)6-13)22(24,25)26/h2-6,15,29-30H,7-11H2,1H3,(H,27,32). The van der Waals surface area contributed by atoms with E-state index in [0.717, 1.165) is 6.07 Å². The molecule has 1 amide bonds. The summed E-state index contributed by atoms with van der Waals surface area (Å²) in [6.45, 7) is 1.27. The van der Waals surface area contributed by atoms with Crippen molar-refractivity contribution in [2.24, 2.45) is 0 Å². The molecule has 1 aliphatic heterocycles. The minimum Gasteiger partial charge on any atom is -0.395 e. The summed E-state index contributed by atoms with van der Waals surface area (Å²) < 4.78 is 51.9. The Bertz CT molecular complexity index is 1040. The van der Waals surface area contributed by atoms with Gasteiger partial charge in [0.15, 0.2) is 5.78 Å². The zero-order chi connectivity index (χ0) is 23.6. The molecule has 0 spiro atoms. The molecular weight excluding hydrogens is 432 g/mol. The monoisotopic (exact) mass is 454 g/mol. The molecule has 2 aromatic carbocycles. The number of nitrogens with zero attached hydrogens (tertiary/aromatic N) is 1. The maximum Gasteiger partial charge on any atom is 0.419 e. The molecule has 0 aliphatic carbocycles. The van der Waals surface area contributed by atoms with Crippen molar-refractivity contribution >= 4 is 17.4 Å². The van der Waals surface area contributed by atoms with Gasteiger partial charge in [0.05, 0.1) is 43.5 Å². The van der Waals surface area contributed by atoms with Gasteiger partial charge in [-0.15, -0.1) is 0 Å². The first-order valence-corrected chi connectivity index (χ1v) is 9.82. The fraction of sp³-hybridized carbons (Fsp3) is 0.364. The number of carbonyl (C=O) groups excluding carboxylic acids is 2. The van der Waals surface area contributed by atoms with E-state index in [-0.39, 0.29) is 49.8 Å². The number of carbonyl (C=O) groups is 2. The molecule has 32 heavy (non-hydrogen) atoms. The third kappa shape index (κ3) is 4.98. The summed E-state index contributed by atoms with van der Waals surface area (Å²) in [5.74, 6) is -2.38. The summed E-state index contributed by atoms with van der Waals surface area (Å²) >= 11 is 0. The number of hydrogen-bond acceptors (Lipinski definition) is 5. The summed E-state index contributed by atoms with van der Waals surface area (Å²) in [6, 6.07) is 5.12. The zero-order valence-electron chi connectivity index (χ0n) is 17.2. The van der Waals surface area contributed by atoms with Gasteiger partial charge in [-0.05, 0) is 35.7 Å². The summed E-state index contributed by atoms with van der Waals surface area (Å²) in [4.78, 5) is 27.0. The lowest BCUT2D eigenvalue weighted by atomic mass is 9.93. The molecule has 1 heterocycles. The summed E-state index contributed by atoms with van der Waals surface area (Å²) in [6.07, 6.45) is -5.21. The second-order valence-electron chi connectivity index (χ2n) is 7.68. The Hall–Kier alpha value is -2.82. The first-order valence-electron chi connectivity index (χ1n) is 9.82. The van der Waals surface area contributed by atoms with Gasteiger partial charge in [-0.2, -0.15) is 13.2 Å². The van der Waals surface area contributed by atoms with Gasteiger partial charge < -0.3 is 15.5 Å². The van der Waals surface area contributed by atoms with Crippen molar-refractivity contribution in [3.8, 4) is 0 Å². The van der Waals surface area contributed by atoms with Crippen molar-refractivity contribution in [2.75, 3.05) is 25.1 Å². The molecule has 1 aliphatic rings. The van der Waals surface area contributed by atoms with Crippen molar-refractivity contribution < 1.29 is 37.4 Å². The van der Waals surface area contributed by atoms with Crippen LogP contribution >= 0.6 is 0 Å². The first kappa shape index (κ1) is 23.8. The first-order chi connectivity index (χ1) is 15.0. The Morgan fingerprint density at radius 2 is 1.84 bits per heavy atom. The van der Waals surface area contributed by atoms with Crippen LogP contribution in [0.25, 0.3) is 0 Å². The number of alkyl halides is 3. The number of benzene rings is 2. The molecule has 172 valence electrons. The number of ketones is 1. The fourth-order valence-corrected chi connectivity index (χ4v) is 3.71. The second-order valence-corrected chi connectivity index (χ2v) is 7.68. The van der Waals surface area contributed by atoms with Gasteiger partial charge in [-0.3, -0.25) is 14.5 Å². The molecule has 0 saturated carbocycles. The number of aryl methyl sites for hydroxylation is 1. The molecule has 0 saturated heterocycles. The lowest BCUT2D eigenvalue weighted by Gasteiger charge is -2.34. The van der Waals surface area contributed by atoms with Gasteiger partial charge in [0.25, 0.3) is 0 Å². The van der Waals surface area contributed by atoms with Crippen molar-refractivity contribution in [3.63, 3.8) is 0 Å². The van der Waals surface area contributed by atoms with E-state index in [1.54, 1.807) is 24.0 Å². The number of nitrogens with one attached hydrogen (secondary N) is 1. The Balaban J connectivity index is 1.81. The molecule has 0 atom stereocenters. The summed E-state index contributed by atoms with van der Waals surface area (Å²) in [5, 5.41) is 21.4. The zero-order valence-corrected chi connectivity index (χ0v) is 17.2. The number of fused-ring (bicyclic) bond motifs is 1. The van der Waals surface area contributed by atoms with E-state index in [1.165, 1.54) is 0 Å². The maximum absolute atomic E-state index is 13.8. The summed E-state index contributed by atoms with van der Waals surface area (Å²) in [5.41, 5.74) is 0.459. The van der Waals surface area contributed by atoms with E-state index in [1.807, 2.05) is 0 Å². The Kier molecular flexibility index (Phi) is 6.97. The normalized spacial score (nSPS) is 14.6. The number of aliphatic hydroxyl groups is 2. The van der Waals surface area contributed by atoms with Crippen LogP contribution in [0.5, 0.6) is 0 Å². The van der Waals surface area contributed by atoms with E-state index in [9.17, 15) is 37.4 Å². The smallest absolute Gasteiger partial charge is 0.395 e. The summed E-state index contributed by atoms with van der Waals surface area (Å²) in [7, 11) is 0. The average Bonchev–Trinajstić information content (AvgIpc) is 2.70. The predicted octanol–water partition coefficient (Wildman–Crippen LogP) is 2.69. The largest absolute Gasteiger partial charge is 0.419 e. The van der Waals surface area contributed by atoms with Crippen LogP contribution in [0.2, 0.25) is 0 Å². The molecule has 0 aromatic heterocycles. The highest BCUT2D eigenvalue weighted by atomic mass is 19.4. The number of rotatable bonds is 6. The molecule has 10 heteroatoms. The number of anilines is 1. The Morgan fingerprint density at radius 3 is 2.44 bits per heavy atom. The van der Waals surface area contributed by atoms with Crippen molar-refractivity contribution in [1.82, 2.24) is 4.90 Å².